The SMILES string of the molecule is COc1ccc(Cn2nnnc2S(=O)(=O)C(C)C)cc1. The molecule has 7 nitrogen and oxygen atoms in total. The van der Waals surface area contributed by atoms with Crippen LogP contribution in [0.5, 0.6) is 5.75 Å². The molecule has 8 heteroatoms. The second-order valence-electron chi connectivity index (χ2n) is 4.56. The van der Waals surface area contributed by atoms with E-state index in [2.05, 4.69) is 15.5 Å². The van der Waals surface area contributed by atoms with Gasteiger partial charge < -0.3 is 4.74 Å². The van der Waals surface area contributed by atoms with Gasteiger partial charge in [-0.15, -0.1) is 0 Å². The Bertz CT molecular complexity index is 677. The summed E-state index contributed by atoms with van der Waals surface area (Å²) in [5, 5.41) is 10.2. The average molecular weight is 296 g/mol. The quantitative estimate of drug-likeness (QED) is 0.815. The van der Waals surface area contributed by atoms with Gasteiger partial charge in [-0.1, -0.05) is 17.2 Å². The molecule has 0 saturated heterocycles. The minimum Gasteiger partial charge on any atom is -0.497 e. The van der Waals surface area contributed by atoms with Crippen molar-refractivity contribution < 1.29 is 13.2 Å². The van der Waals surface area contributed by atoms with E-state index in [9.17, 15) is 8.42 Å². The van der Waals surface area contributed by atoms with Gasteiger partial charge in [0.1, 0.15) is 5.75 Å². The van der Waals surface area contributed by atoms with Crippen molar-refractivity contribution in [1.29, 1.82) is 0 Å². The Labute approximate surface area is 117 Å². The molecule has 1 aromatic heterocycles. The summed E-state index contributed by atoms with van der Waals surface area (Å²) in [4.78, 5) is 0. The fraction of sp³-hybridized carbons (Fsp3) is 0.417. The Balaban J connectivity index is 2.29. The highest BCUT2D eigenvalue weighted by atomic mass is 32.2. The van der Waals surface area contributed by atoms with E-state index in [1.54, 1.807) is 33.1 Å². The van der Waals surface area contributed by atoms with Gasteiger partial charge in [-0.2, -0.15) is 0 Å². The minimum absolute atomic E-state index is 0.108. The van der Waals surface area contributed by atoms with E-state index in [4.69, 9.17) is 4.74 Å². The van der Waals surface area contributed by atoms with Crippen LogP contribution in [0.25, 0.3) is 0 Å². The van der Waals surface area contributed by atoms with Gasteiger partial charge in [0, 0.05) is 0 Å². The molecule has 1 aromatic carbocycles. The maximum absolute atomic E-state index is 12.1. The second-order valence-corrected chi connectivity index (χ2v) is 6.96. The van der Waals surface area contributed by atoms with Crippen LogP contribution in [0.2, 0.25) is 0 Å². The van der Waals surface area contributed by atoms with Crippen molar-refractivity contribution in [2.75, 3.05) is 7.11 Å². The molecule has 0 amide bonds. The van der Waals surface area contributed by atoms with Crippen molar-refractivity contribution in [3.8, 4) is 5.75 Å². The summed E-state index contributed by atoms with van der Waals surface area (Å²) in [6, 6.07) is 7.28. The van der Waals surface area contributed by atoms with Crippen LogP contribution < -0.4 is 4.74 Å². The highest BCUT2D eigenvalue weighted by Gasteiger charge is 2.26. The molecular formula is C12H16N4O3S. The molecule has 0 fully saturated rings. The zero-order valence-corrected chi connectivity index (χ0v) is 12.3. The van der Waals surface area contributed by atoms with Crippen molar-refractivity contribution in [2.45, 2.75) is 30.8 Å². The average Bonchev–Trinajstić information content (AvgIpc) is 2.88. The van der Waals surface area contributed by atoms with Crippen LogP contribution in [-0.2, 0) is 16.4 Å². The first-order valence-electron chi connectivity index (χ1n) is 6.08. The van der Waals surface area contributed by atoms with Gasteiger partial charge in [0.15, 0.2) is 0 Å². The standard InChI is InChI=1S/C12H16N4O3S/c1-9(2)20(17,18)12-13-14-15-16(12)8-10-4-6-11(19-3)7-5-10/h4-7,9H,8H2,1-3H3. The maximum Gasteiger partial charge on any atom is 0.268 e. The minimum atomic E-state index is -3.49. The van der Waals surface area contributed by atoms with Gasteiger partial charge in [-0.3, -0.25) is 0 Å². The zero-order chi connectivity index (χ0) is 14.8. The molecule has 108 valence electrons. The molecule has 0 saturated carbocycles. The zero-order valence-electron chi connectivity index (χ0n) is 11.5. The first kappa shape index (κ1) is 14.4. The molecule has 0 atom stereocenters. The molecule has 0 unspecified atom stereocenters. The van der Waals surface area contributed by atoms with Crippen LogP contribution in [0.1, 0.15) is 19.4 Å². The third-order valence-electron chi connectivity index (χ3n) is 2.87. The predicted molar refractivity (Wildman–Crippen MR) is 72.2 cm³/mol. The van der Waals surface area contributed by atoms with E-state index < -0.39 is 15.1 Å². The Kier molecular flexibility index (Phi) is 4.03. The van der Waals surface area contributed by atoms with Gasteiger partial charge in [0.25, 0.3) is 5.16 Å². The Morgan fingerprint density at radius 3 is 2.45 bits per heavy atom. The molecule has 0 N–H and O–H groups in total. The van der Waals surface area contributed by atoms with Crippen LogP contribution in [-0.4, -0.2) is 41.0 Å². The number of methoxy groups -OCH3 is 1. The van der Waals surface area contributed by atoms with Gasteiger partial charge in [0.05, 0.1) is 18.9 Å². The van der Waals surface area contributed by atoms with Crippen LogP contribution in [0.3, 0.4) is 0 Å². The van der Waals surface area contributed by atoms with Crippen molar-refractivity contribution in [3.63, 3.8) is 0 Å². The van der Waals surface area contributed by atoms with Gasteiger partial charge >= 0.3 is 0 Å². The summed E-state index contributed by atoms with van der Waals surface area (Å²) >= 11 is 0. The molecule has 20 heavy (non-hydrogen) atoms. The fourth-order valence-corrected chi connectivity index (χ4v) is 2.58. The molecule has 0 aliphatic heterocycles. The molecule has 0 radical (unpaired) electrons. The molecule has 0 aliphatic rings. The summed E-state index contributed by atoms with van der Waals surface area (Å²) in [7, 11) is -1.91. The Morgan fingerprint density at radius 2 is 1.90 bits per heavy atom. The van der Waals surface area contributed by atoms with Gasteiger partial charge in [0.2, 0.25) is 9.84 Å². The lowest BCUT2D eigenvalue weighted by molar-refractivity contribution is 0.414. The van der Waals surface area contributed by atoms with Crippen molar-refractivity contribution in [1.82, 2.24) is 20.2 Å². The predicted octanol–water partition coefficient (Wildman–Crippen LogP) is 0.912. The monoisotopic (exact) mass is 296 g/mol. The van der Waals surface area contributed by atoms with E-state index in [-0.39, 0.29) is 11.7 Å². The van der Waals surface area contributed by atoms with Crippen LogP contribution >= 0.6 is 0 Å². The topological polar surface area (TPSA) is 87.0 Å². The van der Waals surface area contributed by atoms with Gasteiger partial charge in [-0.05, 0) is 42.0 Å². The van der Waals surface area contributed by atoms with E-state index >= 15 is 0 Å². The normalized spacial score (nSPS) is 11.8. The fourth-order valence-electron chi connectivity index (χ4n) is 1.61. The Morgan fingerprint density at radius 1 is 1.25 bits per heavy atom. The number of nitrogens with zero attached hydrogens (tertiary/aromatic N) is 4. The summed E-state index contributed by atoms with van der Waals surface area (Å²) in [5.74, 6) is 0.737. The third-order valence-corrected chi connectivity index (χ3v) is 4.91. The van der Waals surface area contributed by atoms with Crippen LogP contribution in [0.15, 0.2) is 29.4 Å². The van der Waals surface area contributed by atoms with E-state index in [0.29, 0.717) is 0 Å². The molecule has 0 bridgehead atoms. The number of hydrogen-bond acceptors (Lipinski definition) is 6. The lowest BCUT2D eigenvalue weighted by atomic mass is 10.2. The smallest absolute Gasteiger partial charge is 0.268 e. The molecular weight excluding hydrogens is 280 g/mol. The number of tetrazole rings is 1. The molecule has 0 aliphatic carbocycles. The summed E-state index contributed by atoms with van der Waals surface area (Å²) in [6.45, 7) is 3.49. The third kappa shape index (κ3) is 2.79. The van der Waals surface area contributed by atoms with Crippen LogP contribution in [0.4, 0.5) is 0 Å². The highest BCUT2D eigenvalue weighted by molar-refractivity contribution is 7.91. The largest absolute Gasteiger partial charge is 0.497 e. The summed E-state index contributed by atoms with van der Waals surface area (Å²) < 4.78 is 30.6. The van der Waals surface area contributed by atoms with E-state index in [1.807, 2.05) is 12.1 Å². The first-order chi connectivity index (χ1) is 9.45. The number of aromatic nitrogens is 4. The van der Waals surface area contributed by atoms with Gasteiger partial charge in [-0.25, -0.2) is 13.1 Å². The van der Waals surface area contributed by atoms with Crippen molar-refractivity contribution in [3.05, 3.63) is 29.8 Å². The van der Waals surface area contributed by atoms with E-state index in [0.717, 1.165) is 11.3 Å². The molecule has 2 rings (SSSR count). The molecule has 0 spiro atoms. The highest BCUT2D eigenvalue weighted by Crippen LogP contribution is 2.15. The number of benzene rings is 1. The Hall–Kier alpha value is -1.96. The number of ether oxygens (including phenoxy) is 1. The molecule has 2 aromatic rings. The summed E-state index contributed by atoms with van der Waals surface area (Å²) in [5.41, 5.74) is 0.887. The number of rotatable bonds is 5. The van der Waals surface area contributed by atoms with Crippen molar-refractivity contribution >= 4 is 9.84 Å². The number of hydrogen-bond donors (Lipinski definition) is 0. The molecule has 1 heterocycles. The van der Waals surface area contributed by atoms with Crippen LogP contribution in [0, 0.1) is 0 Å². The number of sulfone groups is 1. The summed E-state index contributed by atoms with van der Waals surface area (Å²) in [6.07, 6.45) is 0. The maximum atomic E-state index is 12.1. The lowest BCUT2D eigenvalue weighted by Gasteiger charge is -2.08. The lowest BCUT2D eigenvalue weighted by Crippen LogP contribution is -2.20. The first-order valence-corrected chi connectivity index (χ1v) is 7.62. The van der Waals surface area contributed by atoms with E-state index in [1.165, 1.54) is 4.68 Å². The van der Waals surface area contributed by atoms with Crippen molar-refractivity contribution in [2.24, 2.45) is 0 Å². The second kappa shape index (κ2) is 5.58.